The summed E-state index contributed by atoms with van der Waals surface area (Å²) >= 11 is 0. The molecular formula is C13H18F3N. The molecule has 1 N–H and O–H groups in total. The normalized spacial score (nSPS) is 13.7. The molecule has 0 aliphatic heterocycles. The van der Waals surface area contributed by atoms with E-state index in [0.717, 1.165) is 37.0 Å². The van der Waals surface area contributed by atoms with E-state index in [1.807, 2.05) is 7.05 Å². The van der Waals surface area contributed by atoms with Gasteiger partial charge in [0.25, 0.3) is 0 Å². The number of alkyl halides is 3. The summed E-state index contributed by atoms with van der Waals surface area (Å²) < 4.78 is 37.0. The second-order valence-electron chi connectivity index (χ2n) is 4.13. The predicted molar refractivity (Wildman–Crippen MR) is 62.9 cm³/mol. The number of rotatable bonds is 5. The first-order valence-electron chi connectivity index (χ1n) is 5.80. The number of hydrogen-bond acceptors (Lipinski definition) is 1. The van der Waals surface area contributed by atoms with E-state index in [2.05, 4.69) is 12.2 Å². The van der Waals surface area contributed by atoms with Crippen molar-refractivity contribution >= 4 is 0 Å². The molecule has 96 valence electrons. The van der Waals surface area contributed by atoms with E-state index < -0.39 is 11.7 Å². The smallest absolute Gasteiger partial charge is 0.317 e. The Morgan fingerprint density at radius 2 is 1.76 bits per heavy atom. The van der Waals surface area contributed by atoms with Crippen molar-refractivity contribution in [3.63, 3.8) is 0 Å². The van der Waals surface area contributed by atoms with Crippen LogP contribution in [0.4, 0.5) is 13.2 Å². The Hall–Kier alpha value is -1.03. The Morgan fingerprint density at radius 3 is 2.18 bits per heavy atom. The summed E-state index contributed by atoms with van der Waals surface area (Å²) in [6.45, 7) is 2.09. The minimum absolute atomic E-state index is 0.428. The second kappa shape index (κ2) is 6.05. The van der Waals surface area contributed by atoms with Crippen molar-refractivity contribution in [2.45, 2.75) is 38.4 Å². The van der Waals surface area contributed by atoms with Crippen LogP contribution >= 0.6 is 0 Å². The highest BCUT2D eigenvalue weighted by atomic mass is 19.4. The fraction of sp³-hybridized carbons (Fsp3) is 0.538. The van der Waals surface area contributed by atoms with Crippen LogP contribution in [-0.4, -0.2) is 13.1 Å². The Labute approximate surface area is 100 Å². The zero-order chi connectivity index (χ0) is 12.9. The lowest BCUT2D eigenvalue weighted by atomic mass is 10.0. The van der Waals surface area contributed by atoms with Crippen LogP contribution in [0.1, 0.15) is 30.9 Å². The van der Waals surface area contributed by atoms with E-state index in [1.54, 1.807) is 12.1 Å². The van der Waals surface area contributed by atoms with Crippen molar-refractivity contribution in [3.05, 3.63) is 35.4 Å². The van der Waals surface area contributed by atoms with Crippen LogP contribution < -0.4 is 5.32 Å². The summed E-state index contributed by atoms with van der Waals surface area (Å²) in [4.78, 5) is 0. The molecule has 1 unspecified atom stereocenters. The van der Waals surface area contributed by atoms with Gasteiger partial charge in [-0.05, 0) is 44.0 Å². The minimum atomic E-state index is -4.24. The molecule has 1 nitrogen and oxygen atoms in total. The maximum Gasteiger partial charge on any atom is 0.416 e. The summed E-state index contributed by atoms with van der Waals surface area (Å²) in [6.07, 6.45) is -1.47. The molecule has 0 aliphatic rings. The third kappa shape index (κ3) is 4.38. The van der Waals surface area contributed by atoms with E-state index in [0.29, 0.717) is 6.04 Å². The van der Waals surface area contributed by atoms with E-state index in [-0.39, 0.29) is 0 Å². The highest BCUT2D eigenvalue weighted by Gasteiger charge is 2.29. The lowest BCUT2D eigenvalue weighted by molar-refractivity contribution is -0.137. The molecule has 0 aliphatic carbocycles. The van der Waals surface area contributed by atoms with Crippen LogP contribution in [0.5, 0.6) is 0 Å². The van der Waals surface area contributed by atoms with Crippen molar-refractivity contribution in [1.29, 1.82) is 0 Å². The quantitative estimate of drug-likeness (QED) is 0.835. The summed E-state index contributed by atoms with van der Waals surface area (Å²) in [5, 5.41) is 3.18. The van der Waals surface area contributed by atoms with Crippen LogP contribution in [0.15, 0.2) is 24.3 Å². The third-order valence-corrected chi connectivity index (χ3v) is 2.96. The number of aryl methyl sites for hydroxylation is 1. The fourth-order valence-corrected chi connectivity index (χ4v) is 1.75. The molecule has 0 fully saturated rings. The molecule has 1 rings (SSSR count). The average Bonchev–Trinajstić information content (AvgIpc) is 2.30. The Kier molecular flexibility index (Phi) is 5.00. The van der Waals surface area contributed by atoms with Crippen LogP contribution in [0, 0.1) is 0 Å². The predicted octanol–water partition coefficient (Wildman–Crippen LogP) is 3.64. The molecule has 0 aromatic heterocycles. The molecule has 0 bridgehead atoms. The highest BCUT2D eigenvalue weighted by Crippen LogP contribution is 2.29. The van der Waals surface area contributed by atoms with Crippen molar-refractivity contribution in [2.75, 3.05) is 7.05 Å². The first-order chi connectivity index (χ1) is 7.97. The Morgan fingerprint density at radius 1 is 1.18 bits per heavy atom. The maximum atomic E-state index is 12.3. The summed E-state index contributed by atoms with van der Waals surface area (Å²) in [6, 6.07) is 5.85. The standard InChI is InChI=1S/C13H18F3N/c1-3-12(17-2)9-6-10-4-7-11(8-5-10)13(14,15)16/h4-5,7-8,12,17H,3,6,9H2,1-2H3. The molecule has 0 amide bonds. The van der Waals surface area contributed by atoms with E-state index in [4.69, 9.17) is 0 Å². The lowest BCUT2D eigenvalue weighted by Gasteiger charge is -2.13. The molecule has 4 heteroatoms. The molecule has 0 heterocycles. The molecule has 0 saturated heterocycles. The number of benzene rings is 1. The number of hydrogen-bond donors (Lipinski definition) is 1. The van der Waals surface area contributed by atoms with Gasteiger partial charge in [0.15, 0.2) is 0 Å². The van der Waals surface area contributed by atoms with Gasteiger partial charge in [-0.2, -0.15) is 13.2 Å². The first-order valence-corrected chi connectivity index (χ1v) is 5.80. The monoisotopic (exact) mass is 245 g/mol. The van der Waals surface area contributed by atoms with E-state index >= 15 is 0 Å². The average molecular weight is 245 g/mol. The summed E-state index contributed by atoms with van der Waals surface area (Å²) in [5.74, 6) is 0. The van der Waals surface area contributed by atoms with Gasteiger partial charge >= 0.3 is 6.18 Å². The van der Waals surface area contributed by atoms with Crippen molar-refractivity contribution in [3.8, 4) is 0 Å². The Bertz CT molecular complexity index is 326. The molecular weight excluding hydrogens is 227 g/mol. The molecule has 1 aromatic rings. The number of halogens is 3. The molecule has 0 spiro atoms. The van der Waals surface area contributed by atoms with Gasteiger partial charge in [0.2, 0.25) is 0 Å². The van der Waals surface area contributed by atoms with Gasteiger partial charge in [-0.3, -0.25) is 0 Å². The molecule has 0 saturated carbocycles. The van der Waals surface area contributed by atoms with Crippen molar-refractivity contribution in [1.82, 2.24) is 5.32 Å². The summed E-state index contributed by atoms with van der Waals surface area (Å²) in [5.41, 5.74) is 0.369. The van der Waals surface area contributed by atoms with Gasteiger partial charge < -0.3 is 5.32 Å². The minimum Gasteiger partial charge on any atom is -0.317 e. The van der Waals surface area contributed by atoms with Gasteiger partial charge in [-0.1, -0.05) is 19.1 Å². The molecule has 1 atom stereocenters. The lowest BCUT2D eigenvalue weighted by Crippen LogP contribution is -2.24. The summed E-state index contributed by atoms with van der Waals surface area (Å²) in [7, 11) is 1.90. The maximum absolute atomic E-state index is 12.3. The molecule has 0 radical (unpaired) electrons. The van der Waals surface area contributed by atoms with Gasteiger partial charge in [-0.15, -0.1) is 0 Å². The SMILES string of the molecule is CCC(CCc1ccc(C(F)(F)F)cc1)NC. The van der Waals surface area contributed by atoms with Gasteiger partial charge in [0.05, 0.1) is 5.56 Å². The van der Waals surface area contributed by atoms with E-state index in [1.165, 1.54) is 0 Å². The number of nitrogens with one attached hydrogen (secondary N) is 1. The third-order valence-electron chi connectivity index (χ3n) is 2.96. The first kappa shape index (κ1) is 14.0. The van der Waals surface area contributed by atoms with Gasteiger partial charge in [0, 0.05) is 6.04 Å². The zero-order valence-electron chi connectivity index (χ0n) is 10.1. The molecule has 17 heavy (non-hydrogen) atoms. The zero-order valence-corrected chi connectivity index (χ0v) is 10.1. The van der Waals surface area contributed by atoms with Crippen LogP contribution in [-0.2, 0) is 12.6 Å². The molecule has 1 aromatic carbocycles. The van der Waals surface area contributed by atoms with E-state index in [9.17, 15) is 13.2 Å². The van der Waals surface area contributed by atoms with Crippen molar-refractivity contribution in [2.24, 2.45) is 0 Å². The van der Waals surface area contributed by atoms with Gasteiger partial charge in [-0.25, -0.2) is 0 Å². The second-order valence-corrected chi connectivity index (χ2v) is 4.13. The largest absolute Gasteiger partial charge is 0.416 e. The van der Waals surface area contributed by atoms with Gasteiger partial charge in [0.1, 0.15) is 0 Å². The van der Waals surface area contributed by atoms with Crippen molar-refractivity contribution < 1.29 is 13.2 Å². The van der Waals surface area contributed by atoms with Crippen LogP contribution in [0.3, 0.4) is 0 Å². The fourth-order valence-electron chi connectivity index (χ4n) is 1.75. The topological polar surface area (TPSA) is 12.0 Å². The van der Waals surface area contributed by atoms with Crippen LogP contribution in [0.2, 0.25) is 0 Å². The highest BCUT2D eigenvalue weighted by molar-refractivity contribution is 5.24. The Balaban J connectivity index is 2.57. The van der Waals surface area contributed by atoms with Crippen LogP contribution in [0.25, 0.3) is 0 Å².